The highest BCUT2D eigenvalue weighted by molar-refractivity contribution is 5.87. The molecular weight excluding hydrogens is 371 g/mol. The molecular formula is C18H15F5N2O2. The van der Waals surface area contributed by atoms with E-state index in [1.54, 1.807) is 0 Å². The Hall–Kier alpha value is -2.97. The number of carbonyl (C=O) groups is 2. The molecule has 0 heterocycles. The summed E-state index contributed by atoms with van der Waals surface area (Å²) in [5, 5.41) is 2.13. The molecule has 0 radical (unpaired) electrons. The quantitative estimate of drug-likeness (QED) is 0.750. The number of amides is 2. The zero-order valence-corrected chi connectivity index (χ0v) is 13.8. The molecule has 0 fully saturated rings. The highest BCUT2D eigenvalue weighted by atomic mass is 19.4. The molecule has 0 aliphatic heterocycles. The molecule has 2 aromatic carbocycles. The predicted octanol–water partition coefficient (Wildman–Crippen LogP) is 2.74. The van der Waals surface area contributed by atoms with Crippen molar-refractivity contribution in [3.8, 4) is 0 Å². The average molecular weight is 386 g/mol. The van der Waals surface area contributed by atoms with Crippen LogP contribution in [0.5, 0.6) is 0 Å². The van der Waals surface area contributed by atoms with Crippen LogP contribution in [-0.4, -0.2) is 17.9 Å². The smallest absolute Gasteiger partial charge is 0.368 e. The summed E-state index contributed by atoms with van der Waals surface area (Å²) in [7, 11) is 0. The number of hydrogen-bond donors (Lipinski definition) is 2. The van der Waals surface area contributed by atoms with Crippen LogP contribution in [0.1, 0.15) is 16.7 Å². The number of carbonyl (C=O) groups excluding carboxylic acids is 2. The van der Waals surface area contributed by atoms with E-state index in [9.17, 15) is 31.5 Å². The fraction of sp³-hybridized carbons (Fsp3) is 0.222. The Morgan fingerprint density at radius 2 is 1.59 bits per heavy atom. The molecule has 0 bridgehead atoms. The van der Waals surface area contributed by atoms with Gasteiger partial charge < -0.3 is 11.1 Å². The van der Waals surface area contributed by atoms with E-state index in [1.807, 2.05) is 0 Å². The van der Waals surface area contributed by atoms with E-state index in [0.717, 1.165) is 30.3 Å². The lowest BCUT2D eigenvalue weighted by atomic mass is 9.99. The SMILES string of the molecule is NC(=O)[C@H](Cc1ccccc1C(F)(F)F)NC(=O)Cc1c(F)cccc1F. The van der Waals surface area contributed by atoms with Gasteiger partial charge in [-0.15, -0.1) is 0 Å². The lowest BCUT2D eigenvalue weighted by molar-refractivity contribution is -0.138. The van der Waals surface area contributed by atoms with Crippen molar-refractivity contribution in [1.29, 1.82) is 0 Å². The standard InChI is InChI=1S/C18H15F5N2O2/c19-13-6-3-7-14(20)11(13)9-16(26)25-15(17(24)27)8-10-4-1-2-5-12(10)18(21,22)23/h1-7,15H,8-9H2,(H2,24,27)(H,25,26)/t15-/m0/s1. The van der Waals surface area contributed by atoms with Crippen LogP contribution in [0, 0.1) is 11.6 Å². The van der Waals surface area contributed by atoms with Crippen molar-refractivity contribution >= 4 is 11.8 Å². The van der Waals surface area contributed by atoms with Crippen molar-refractivity contribution in [3.63, 3.8) is 0 Å². The number of primary amides is 1. The number of rotatable bonds is 6. The van der Waals surface area contributed by atoms with Crippen LogP contribution >= 0.6 is 0 Å². The van der Waals surface area contributed by atoms with Gasteiger partial charge in [0, 0.05) is 12.0 Å². The van der Waals surface area contributed by atoms with Gasteiger partial charge >= 0.3 is 6.18 Å². The van der Waals surface area contributed by atoms with E-state index in [0.29, 0.717) is 0 Å². The third-order valence-corrected chi connectivity index (χ3v) is 3.82. The van der Waals surface area contributed by atoms with Crippen LogP contribution in [0.3, 0.4) is 0 Å². The first-order chi connectivity index (χ1) is 12.6. The van der Waals surface area contributed by atoms with Crippen LogP contribution in [0.25, 0.3) is 0 Å². The van der Waals surface area contributed by atoms with E-state index >= 15 is 0 Å². The molecule has 9 heteroatoms. The Kier molecular flexibility index (Phi) is 6.14. The molecule has 2 aromatic rings. The minimum atomic E-state index is -4.65. The van der Waals surface area contributed by atoms with Crippen LogP contribution < -0.4 is 11.1 Å². The van der Waals surface area contributed by atoms with Crippen LogP contribution in [-0.2, 0) is 28.6 Å². The molecule has 3 N–H and O–H groups in total. The van der Waals surface area contributed by atoms with E-state index in [2.05, 4.69) is 5.32 Å². The summed E-state index contributed by atoms with van der Waals surface area (Å²) in [6, 6.07) is 6.08. The topological polar surface area (TPSA) is 72.2 Å². The molecule has 4 nitrogen and oxygen atoms in total. The summed E-state index contributed by atoms with van der Waals surface area (Å²) < 4.78 is 66.4. The van der Waals surface area contributed by atoms with Crippen molar-refractivity contribution in [2.24, 2.45) is 5.73 Å². The maximum Gasteiger partial charge on any atom is 0.416 e. The number of benzene rings is 2. The fourth-order valence-electron chi connectivity index (χ4n) is 2.52. The maximum absolute atomic E-state index is 13.6. The first kappa shape index (κ1) is 20.3. The summed E-state index contributed by atoms with van der Waals surface area (Å²) in [5.74, 6) is -3.94. The van der Waals surface area contributed by atoms with E-state index in [1.165, 1.54) is 12.1 Å². The normalized spacial score (nSPS) is 12.5. The van der Waals surface area contributed by atoms with E-state index in [-0.39, 0.29) is 5.56 Å². The average Bonchev–Trinajstić information content (AvgIpc) is 2.57. The van der Waals surface area contributed by atoms with Crippen molar-refractivity contribution in [2.45, 2.75) is 25.1 Å². The first-order valence-electron chi connectivity index (χ1n) is 7.76. The van der Waals surface area contributed by atoms with Crippen LogP contribution in [0.15, 0.2) is 42.5 Å². The maximum atomic E-state index is 13.6. The molecule has 0 spiro atoms. The van der Waals surface area contributed by atoms with Crippen molar-refractivity contribution in [1.82, 2.24) is 5.32 Å². The van der Waals surface area contributed by atoms with Crippen LogP contribution in [0.4, 0.5) is 22.0 Å². The lowest BCUT2D eigenvalue weighted by Crippen LogP contribution is -2.46. The van der Waals surface area contributed by atoms with E-state index < -0.39 is 59.6 Å². The second-order valence-electron chi connectivity index (χ2n) is 5.76. The lowest BCUT2D eigenvalue weighted by Gasteiger charge is -2.19. The summed E-state index contributed by atoms with van der Waals surface area (Å²) in [4.78, 5) is 23.6. The van der Waals surface area contributed by atoms with Gasteiger partial charge in [0.1, 0.15) is 17.7 Å². The molecule has 0 saturated carbocycles. The molecule has 2 amide bonds. The van der Waals surface area contributed by atoms with Gasteiger partial charge in [0.15, 0.2) is 0 Å². The van der Waals surface area contributed by atoms with Crippen molar-refractivity contribution in [2.75, 3.05) is 0 Å². The second kappa shape index (κ2) is 8.15. The summed E-state index contributed by atoms with van der Waals surface area (Å²) in [6.45, 7) is 0. The third-order valence-electron chi connectivity index (χ3n) is 3.82. The minimum absolute atomic E-state index is 0.244. The molecule has 0 unspecified atom stereocenters. The molecule has 0 aliphatic rings. The van der Waals surface area contributed by atoms with Gasteiger partial charge in [0.25, 0.3) is 0 Å². The summed E-state index contributed by atoms with van der Waals surface area (Å²) in [6.07, 6.45) is -5.90. The number of nitrogens with two attached hydrogens (primary N) is 1. The number of alkyl halides is 3. The molecule has 0 aromatic heterocycles. The number of hydrogen-bond acceptors (Lipinski definition) is 2. The highest BCUT2D eigenvalue weighted by Gasteiger charge is 2.34. The monoisotopic (exact) mass is 386 g/mol. The van der Waals surface area contributed by atoms with Gasteiger partial charge in [-0.2, -0.15) is 13.2 Å². The zero-order chi connectivity index (χ0) is 20.2. The van der Waals surface area contributed by atoms with Crippen LogP contribution in [0.2, 0.25) is 0 Å². The molecule has 0 aliphatic carbocycles. The highest BCUT2D eigenvalue weighted by Crippen LogP contribution is 2.32. The number of halogens is 5. The van der Waals surface area contributed by atoms with Gasteiger partial charge in [-0.25, -0.2) is 8.78 Å². The summed E-state index contributed by atoms with van der Waals surface area (Å²) in [5.41, 5.74) is 3.43. The number of nitrogens with one attached hydrogen (secondary N) is 1. The minimum Gasteiger partial charge on any atom is -0.368 e. The Morgan fingerprint density at radius 3 is 2.15 bits per heavy atom. The zero-order valence-electron chi connectivity index (χ0n) is 13.8. The second-order valence-corrected chi connectivity index (χ2v) is 5.76. The molecule has 1 atom stereocenters. The van der Waals surface area contributed by atoms with Gasteiger partial charge in [-0.1, -0.05) is 24.3 Å². The predicted molar refractivity (Wildman–Crippen MR) is 86.3 cm³/mol. The third kappa shape index (κ3) is 5.25. The Labute approximate surface area is 151 Å². The Balaban J connectivity index is 2.18. The summed E-state index contributed by atoms with van der Waals surface area (Å²) >= 11 is 0. The van der Waals surface area contributed by atoms with Crippen molar-refractivity contribution < 1.29 is 31.5 Å². The van der Waals surface area contributed by atoms with Gasteiger partial charge in [-0.05, 0) is 23.8 Å². The largest absolute Gasteiger partial charge is 0.416 e. The van der Waals surface area contributed by atoms with Gasteiger partial charge in [-0.3, -0.25) is 9.59 Å². The van der Waals surface area contributed by atoms with Gasteiger partial charge in [0.05, 0.1) is 12.0 Å². The first-order valence-corrected chi connectivity index (χ1v) is 7.76. The van der Waals surface area contributed by atoms with Gasteiger partial charge in [0.2, 0.25) is 11.8 Å². The molecule has 27 heavy (non-hydrogen) atoms. The Bertz CT molecular complexity index is 832. The van der Waals surface area contributed by atoms with Crippen molar-refractivity contribution in [3.05, 3.63) is 70.8 Å². The molecule has 0 saturated heterocycles. The van der Waals surface area contributed by atoms with E-state index in [4.69, 9.17) is 5.73 Å². The Morgan fingerprint density at radius 1 is 1.00 bits per heavy atom. The fourth-order valence-corrected chi connectivity index (χ4v) is 2.52. The molecule has 144 valence electrons. The molecule has 2 rings (SSSR count).